The highest BCUT2D eigenvalue weighted by molar-refractivity contribution is 6.33. The Bertz CT molecular complexity index is 636. The first-order chi connectivity index (χ1) is 9.66. The molecule has 2 heterocycles. The number of nitrogens with zero attached hydrogens (tertiary/aromatic N) is 4. The van der Waals surface area contributed by atoms with Gasteiger partial charge >= 0.3 is 0 Å². The molecule has 0 atom stereocenters. The molecule has 6 heteroatoms. The number of pyridine rings is 1. The summed E-state index contributed by atoms with van der Waals surface area (Å²) in [5.41, 5.74) is 0.503. The molecule has 5 nitrogen and oxygen atoms in total. The number of hydrogen-bond acceptors (Lipinski definition) is 3. The molecule has 20 heavy (non-hydrogen) atoms. The van der Waals surface area contributed by atoms with E-state index in [0.717, 1.165) is 18.7 Å². The number of hydrogen-bond donors (Lipinski definition) is 0. The zero-order valence-corrected chi connectivity index (χ0v) is 11.9. The van der Waals surface area contributed by atoms with E-state index in [-0.39, 0.29) is 5.91 Å². The molecule has 1 aliphatic rings. The van der Waals surface area contributed by atoms with Crippen LogP contribution in [-0.2, 0) is 13.6 Å². The Morgan fingerprint density at radius 1 is 1.50 bits per heavy atom. The maximum Gasteiger partial charge on any atom is 0.256 e. The molecule has 1 amide bonds. The molecule has 1 aliphatic carbocycles. The van der Waals surface area contributed by atoms with E-state index in [2.05, 4.69) is 9.97 Å². The maximum absolute atomic E-state index is 12.7. The standard InChI is InChI=1S/C14H15ClN4O/c1-18-7-6-17-13(18)9-19(10-2-3-10)14(20)11-4-5-16-8-12(11)15/h4-8,10H,2-3,9H2,1H3. The van der Waals surface area contributed by atoms with Crippen molar-refractivity contribution in [1.82, 2.24) is 19.4 Å². The number of halogens is 1. The van der Waals surface area contributed by atoms with E-state index < -0.39 is 0 Å². The van der Waals surface area contributed by atoms with E-state index in [1.807, 2.05) is 22.7 Å². The van der Waals surface area contributed by atoms with Crippen molar-refractivity contribution in [2.24, 2.45) is 7.05 Å². The molecule has 3 rings (SSSR count). The van der Waals surface area contributed by atoms with Gasteiger partial charge in [0, 0.05) is 37.9 Å². The summed E-state index contributed by atoms with van der Waals surface area (Å²) in [5.74, 6) is 0.818. The van der Waals surface area contributed by atoms with Crippen molar-refractivity contribution in [1.29, 1.82) is 0 Å². The Morgan fingerprint density at radius 3 is 2.90 bits per heavy atom. The van der Waals surface area contributed by atoms with Gasteiger partial charge in [-0.05, 0) is 18.9 Å². The highest BCUT2D eigenvalue weighted by atomic mass is 35.5. The Hall–Kier alpha value is -1.88. The second-order valence-electron chi connectivity index (χ2n) is 4.97. The third-order valence-electron chi connectivity index (χ3n) is 3.48. The van der Waals surface area contributed by atoms with Gasteiger partial charge in [0.15, 0.2) is 0 Å². The Labute approximate surface area is 122 Å². The minimum atomic E-state index is -0.0529. The highest BCUT2D eigenvalue weighted by Gasteiger charge is 2.34. The molecule has 2 aromatic heterocycles. The minimum absolute atomic E-state index is 0.0529. The lowest BCUT2D eigenvalue weighted by molar-refractivity contribution is 0.0724. The van der Waals surface area contributed by atoms with Crippen LogP contribution in [0.15, 0.2) is 30.9 Å². The Kier molecular flexibility index (Phi) is 3.44. The van der Waals surface area contributed by atoms with E-state index in [4.69, 9.17) is 11.6 Å². The summed E-state index contributed by atoms with van der Waals surface area (Å²) in [5, 5.41) is 0.392. The zero-order chi connectivity index (χ0) is 14.1. The van der Waals surface area contributed by atoms with Gasteiger partial charge in [-0.1, -0.05) is 11.6 Å². The molecule has 0 spiro atoms. The van der Waals surface area contributed by atoms with Crippen LogP contribution in [0.5, 0.6) is 0 Å². The van der Waals surface area contributed by atoms with Crippen LogP contribution in [0.1, 0.15) is 29.0 Å². The number of imidazole rings is 1. The van der Waals surface area contributed by atoms with Gasteiger partial charge in [-0.3, -0.25) is 9.78 Å². The summed E-state index contributed by atoms with van der Waals surface area (Å²) >= 11 is 6.07. The van der Waals surface area contributed by atoms with Crippen LogP contribution < -0.4 is 0 Å². The van der Waals surface area contributed by atoms with Crippen LogP contribution in [0.4, 0.5) is 0 Å². The number of carbonyl (C=O) groups is 1. The van der Waals surface area contributed by atoms with Crippen LogP contribution in [0.2, 0.25) is 5.02 Å². The predicted octanol–water partition coefficient (Wildman–Crippen LogP) is 2.27. The molecular formula is C14H15ClN4O. The van der Waals surface area contributed by atoms with Gasteiger partial charge in [0.05, 0.1) is 17.1 Å². The molecule has 1 fully saturated rings. The van der Waals surface area contributed by atoms with Crippen molar-refractivity contribution in [3.05, 3.63) is 47.3 Å². The van der Waals surface area contributed by atoms with Gasteiger partial charge in [-0.25, -0.2) is 4.98 Å². The molecule has 2 aromatic rings. The van der Waals surface area contributed by atoms with Gasteiger partial charge in [0.25, 0.3) is 5.91 Å². The molecule has 0 bridgehead atoms. The lowest BCUT2D eigenvalue weighted by Gasteiger charge is -2.22. The third-order valence-corrected chi connectivity index (χ3v) is 3.79. The normalized spacial score (nSPS) is 14.3. The van der Waals surface area contributed by atoms with Crippen molar-refractivity contribution < 1.29 is 4.79 Å². The van der Waals surface area contributed by atoms with E-state index >= 15 is 0 Å². The summed E-state index contributed by atoms with van der Waals surface area (Å²) in [6, 6.07) is 1.96. The molecule has 0 aliphatic heterocycles. The number of carbonyl (C=O) groups excluding carboxylic acids is 1. The number of rotatable bonds is 4. The first-order valence-corrected chi connectivity index (χ1v) is 6.91. The van der Waals surface area contributed by atoms with Crippen molar-refractivity contribution in [3.8, 4) is 0 Å². The minimum Gasteiger partial charge on any atom is -0.337 e. The van der Waals surface area contributed by atoms with Crippen LogP contribution >= 0.6 is 11.6 Å². The van der Waals surface area contributed by atoms with Crippen LogP contribution in [0.3, 0.4) is 0 Å². The van der Waals surface area contributed by atoms with Gasteiger partial charge in [-0.15, -0.1) is 0 Å². The lowest BCUT2D eigenvalue weighted by atomic mass is 10.2. The van der Waals surface area contributed by atoms with Crippen molar-refractivity contribution in [2.75, 3.05) is 0 Å². The van der Waals surface area contributed by atoms with Gasteiger partial charge < -0.3 is 9.47 Å². The van der Waals surface area contributed by atoms with E-state index in [9.17, 15) is 4.79 Å². The number of aryl methyl sites for hydroxylation is 1. The second kappa shape index (κ2) is 5.25. The average molecular weight is 291 g/mol. The molecule has 0 unspecified atom stereocenters. The largest absolute Gasteiger partial charge is 0.337 e. The lowest BCUT2D eigenvalue weighted by Crippen LogP contribution is -2.33. The van der Waals surface area contributed by atoms with Crippen LogP contribution in [0, 0.1) is 0 Å². The summed E-state index contributed by atoms with van der Waals surface area (Å²) in [4.78, 5) is 22.7. The summed E-state index contributed by atoms with van der Waals surface area (Å²) in [6.07, 6.45) is 8.79. The molecule has 104 valence electrons. The summed E-state index contributed by atoms with van der Waals surface area (Å²) in [6.45, 7) is 0.506. The molecule has 0 radical (unpaired) electrons. The smallest absolute Gasteiger partial charge is 0.256 e. The summed E-state index contributed by atoms with van der Waals surface area (Å²) in [7, 11) is 1.93. The van der Waals surface area contributed by atoms with Crippen molar-refractivity contribution in [3.63, 3.8) is 0 Å². The van der Waals surface area contributed by atoms with E-state index in [0.29, 0.717) is 23.2 Å². The quantitative estimate of drug-likeness (QED) is 0.868. The topological polar surface area (TPSA) is 51.0 Å². The fraction of sp³-hybridized carbons (Fsp3) is 0.357. The van der Waals surface area contributed by atoms with E-state index in [1.165, 1.54) is 6.20 Å². The second-order valence-corrected chi connectivity index (χ2v) is 5.38. The SMILES string of the molecule is Cn1ccnc1CN(C(=O)c1ccncc1Cl)C1CC1. The van der Waals surface area contributed by atoms with Gasteiger partial charge in [-0.2, -0.15) is 0 Å². The van der Waals surface area contributed by atoms with Crippen LogP contribution in [-0.4, -0.2) is 31.4 Å². The molecule has 0 aromatic carbocycles. The fourth-order valence-electron chi connectivity index (χ4n) is 2.16. The van der Waals surface area contributed by atoms with Crippen molar-refractivity contribution >= 4 is 17.5 Å². The molecule has 0 N–H and O–H groups in total. The first kappa shape index (κ1) is 13.1. The molecular weight excluding hydrogens is 276 g/mol. The first-order valence-electron chi connectivity index (χ1n) is 6.53. The van der Waals surface area contributed by atoms with Crippen LogP contribution in [0.25, 0.3) is 0 Å². The maximum atomic E-state index is 12.7. The van der Waals surface area contributed by atoms with Gasteiger partial charge in [0.2, 0.25) is 0 Å². The monoisotopic (exact) mass is 290 g/mol. The third kappa shape index (κ3) is 2.54. The Morgan fingerprint density at radius 2 is 2.30 bits per heavy atom. The fourth-order valence-corrected chi connectivity index (χ4v) is 2.36. The molecule has 0 saturated heterocycles. The van der Waals surface area contributed by atoms with E-state index in [1.54, 1.807) is 18.5 Å². The van der Waals surface area contributed by atoms with Gasteiger partial charge in [0.1, 0.15) is 5.82 Å². The number of aromatic nitrogens is 3. The number of amides is 1. The Balaban J connectivity index is 1.86. The summed E-state index contributed by atoms with van der Waals surface area (Å²) < 4.78 is 1.93. The zero-order valence-electron chi connectivity index (χ0n) is 11.2. The highest BCUT2D eigenvalue weighted by Crippen LogP contribution is 2.30. The molecule has 1 saturated carbocycles. The van der Waals surface area contributed by atoms with Crippen molar-refractivity contribution in [2.45, 2.75) is 25.4 Å². The average Bonchev–Trinajstić information content (AvgIpc) is 3.20. The predicted molar refractivity (Wildman–Crippen MR) is 75.4 cm³/mol.